The Kier molecular flexibility index (Phi) is 3.84. The SMILES string of the molecule is CN(C)C(=O)c1ccc(-c2cnc3c(S(C)(=O)=O)nccn23)cc1. The van der Waals surface area contributed by atoms with Crippen molar-refractivity contribution in [2.45, 2.75) is 5.03 Å². The number of aromatic nitrogens is 3. The summed E-state index contributed by atoms with van der Waals surface area (Å²) in [6.45, 7) is 0. The van der Waals surface area contributed by atoms with E-state index in [-0.39, 0.29) is 16.6 Å². The molecule has 0 aliphatic heterocycles. The first-order valence-corrected chi connectivity index (χ1v) is 9.02. The fourth-order valence-corrected chi connectivity index (χ4v) is 3.15. The third kappa shape index (κ3) is 2.76. The second-order valence-electron chi connectivity index (χ2n) is 5.62. The van der Waals surface area contributed by atoms with Gasteiger partial charge in [-0.05, 0) is 12.1 Å². The number of nitrogens with zero attached hydrogens (tertiary/aromatic N) is 4. The summed E-state index contributed by atoms with van der Waals surface area (Å²) < 4.78 is 25.3. The summed E-state index contributed by atoms with van der Waals surface area (Å²) >= 11 is 0. The summed E-state index contributed by atoms with van der Waals surface area (Å²) in [5, 5.41) is -0.0596. The van der Waals surface area contributed by atoms with Crippen LogP contribution in [-0.4, -0.2) is 53.9 Å². The maximum absolute atomic E-state index is 11.9. The van der Waals surface area contributed by atoms with Crippen LogP contribution in [0.2, 0.25) is 0 Å². The summed E-state index contributed by atoms with van der Waals surface area (Å²) in [6.07, 6.45) is 5.78. The van der Waals surface area contributed by atoms with Crippen molar-refractivity contribution in [3.8, 4) is 11.3 Å². The molecular formula is C16H16N4O3S. The number of benzene rings is 1. The van der Waals surface area contributed by atoms with Crippen LogP contribution in [0.3, 0.4) is 0 Å². The van der Waals surface area contributed by atoms with Crippen LogP contribution in [-0.2, 0) is 9.84 Å². The van der Waals surface area contributed by atoms with Gasteiger partial charge in [-0.25, -0.2) is 18.4 Å². The average Bonchev–Trinajstić information content (AvgIpc) is 2.97. The highest BCUT2D eigenvalue weighted by molar-refractivity contribution is 7.90. The molecule has 0 aliphatic rings. The van der Waals surface area contributed by atoms with Gasteiger partial charge in [0.05, 0.1) is 11.9 Å². The first-order valence-electron chi connectivity index (χ1n) is 7.13. The minimum atomic E-state index is -3.47. The van der Waals surface area contributed by atoms with Gasteiger partial charge in [-0.1, -0.05) is 12.1 Å². The van der Waals surface area contributed by atoms with Crippen molar-refractivity contribution in [2.75, 3.05) is 20.4 Å². The quantitative estimate of drug-likeness (QED) is 0.719. The van der Waals surface area contributed by atoms with Gasteiger partial charge in [0.25, 0.3) is 5.91 Å². The van der Waals surface area contributed by atoms with Crippen LogP contribution < -0.4 is 0 Å². The number of imidazole rings is 1. The van der Waals surface area contributed by atoms with Crippen LogP contribution in [0.25, 0.3) is 16.9 Å². The van der Waals surface area contributed by atoms with Crippen molar-refractivity contribution in [3.05, 3.63) is 48.4 Å². The second kappa shape index (κ2) is 5.72. The van der Waals surface area contributed by atoms with E-state index in [1.165, 1.54) is 11.1 Å². The summed E-state index contributed by atoms with van der Waals surface area (Å²) in [4.78, 5) is 21.6. The van der Waals surface area contributed by atoms with Gasteiger partial charge in [-0.2, -0.15) is 0 Å². The van der Waals surface area contributed by atoms with Crippen LogP contribution in [0, 0.1) is 0 Å². The summed E-state index contributed by atoms with van der Waals surface area (Å²) in [5.41, 5.74) is 2.41. The van der Waals surface area contributed by atoms with Crippen molar-refractivity contribution in [1.29, 1.82) is 0 Å². The van der Waals surface area contributed by atoms with E-state index in [1.807, 2.05) is 0 Å². The van der Waals surface area contributed by atoms with E-state index in [0.717, 1.165) is 17.5 Å². The molecule has 24 heavy (non-hydrogen) atoms. The molecule has 0 saturated carbocycles. The zero-order valence-electron chi connectivity index (χ0n) is 13.5. The Balaban J connectivity index is 2.10. The molecule has 1 aromatic carbocycles. The van der Waals surface area contributed by atoms with E-state index in [9.17, 15) is 13.2 Å². The van der Waals surface area contributed by atoms with E-state index in [2.05, 4.69) is 9.97 Å². The van der Waals surface area contributed by atoms with Crippen molar-refractivity contribution < 1.29 is 13.2 Å². The highest BCUT2D eigenvalue weighted by Crippen LogP contribution is 2.23. The largest absolute Gasteiger partial charge is 0.345 e. The normalized spacial score (nSPS) is 11.6. The molecule has 2 aromatic heterocycles. The Morgan fingerprint density at radius 2 is 1.79 bits per heavy atom. The van der Waals surface area contributed by atoms with Gasteiger partial charge in [0.2, 0.25) is 0 Å². The van der Waals surface area contributed by atoms with Gasteiger partial charge >= 0.3 is 0 Å². The van der Waals surface area contributed by atoms with E-state index in [0.29, 0.717) is 5.56 Å². The maximum Gasteiger partial charge on any atom is 0.253 e. The van der Waals surface area contributed by atoms with Crippen LogP contribution in [0.1, 0.15) is 10.4 Å². The molecule has 8 heteroatoms. The molecule has 0 spiro atoms. The molecule has 0 aliphatic carbocycles. The molecule has 0 saturated heterocycles. The number of hydrogen-bond donors (Lipinski definition) is 0. The van der Waals surface area contributed by atoms with Crippen molar-refractivity contribution >= 4 is 21.4 Å². The Morgan fingerprint density at radius 3 is 2.38 bits per heavy atom. The third-order valence-electron chi connectivity index (χ3n) is 3.58. The molecule has 0 atom stereocenters. The fraction of sp³-hybridized carbons (Fsp3) is 0.188. The van der Waals surface area contributed by atoms with Gasteiger partial charge in [0.15, 0.2) is 20.5 Å². The molecular weight excluding hydrogens is 328 g/mol. The number of rotatable bonds is 3. The van der Waals surface area contributed by atoms with Gasteiger partial charge in [-0.3, -0.25) is 9.20 Å². The number of carbonyl (C=O) groups excluding carboxylic acids is 1. The molecule has 0 fully saturated rings. The molecule has 0 N–H and O–H groups in total. The van der Waals surface area contributed by atoms with Crippen molar-refractivity contribution in [1.82, 2.24) is 19.3 Å². The van der Waals surface area contributed by atoms with Crippen LogP contribution in [0.4, 0.5) is 0 Å². The molecule has 0 unspecified atom stereocenters. The summed E-state index contributed by atoms with van der Waals surface area (Å²) in [7, 11) is -0.0806. The van der Waals surface area contributed by atoms with E-state index >= 15 is 0 Å². The molecule has 1 amide bonds. The molecule has 2 heterocycles. The topological polar surface area (TPSA) is 84.6 Å². The highest BCUT2D eigenvalue weighted by atomic mass is 32.2. The van der Waals surface area contributed by atoms with Crippen LogP contribution in [0.5, 0.6) is 0 Å². The lowest BCUT2D eigenvalue weighted by Crippen LogP contribution is -2.21. The number of hydrogen-bond acceptors (Lipinski definition) is 5. The number of amides is 1. The smallest absolute Gasteiger partial charge is 0.253 e. The predicted molar refractivity (Wildman–Crippen MR) is 89.6 cm³/mol. The summed E-state index contributed by atoms with van der Waals surface area (Å²) in [5.74, 6) is -0.0803. The minimum absolute atomic E-state index is 0.0596. The van der Waals surface area contributed by atoms with Gasteiger partial charge in [0, 0.05) is 43.9 Å². The predicted octanol–water partition coefficient (Wildman–Crippen LogP) is 1.50. The van der Waals surface area contributed by atoms with Gasteiger partial charge in [0.1, 0.15) is 0 Å². The van der Waals surface area contributed by atoms with E-state index in [4.69, 9.17) is 0 Å². The number of carbonyl (C=O) groups is 1. The van der Waals surface area contributed by atoms with Gasteiger partial charge in [-0.15, -0.1) is 0 Å². The van der Waals surface area contributed by atoms with Crippen LogP contribution >= 0.6 is 0 Å². The number of sulfone groups is 1. The lowest BCUT2D eigenvalue weighted by atomic mass is 10.1. The van der Waals surface area contributed by atoms with Crippen molar-refractivity contribution in [2.24, 2.45) is 0 Å². The zero-order valence-corrected chi connectivity index (χ0v) is 14.3. The number of fused-ring (bicyclic) bond motifs is 1. The van der Waals surface area contributed by atoms with Crippen molar-refractivity contribution in [3.63, 3.8) is 0 Å². The second-order valence-corrected chi connectivity index (χ2v) is 7.55. The fourth-order valence-electron chi connectivity index (χ4n) is 2.41. The minimum Gasteiger partial charge on any atom is -0.345 e. The molecule has 3 aromatic rings. The zero-order chi connectivity index (χ0) is 17.5. The molecule has 124 valence electrons. The molecule has 3 rings (SSSR count). The van der Waals surface area contributed by atoms with Crippen LogP contribution in [0.15, 0.2) is 47.9 Å². The lowest BCUT2D eigenvalue weighted by molar-refractivity contribution is 0.0827. The highest BCUT2D eigenvalue weighted by Gasteiger charge is 2.17. The average molecular weight is 344 g/mol. The third-order valence-corrected chi connectivity index (χ3v) is 4.57. The molecule has 0 bridgehead atoms. The Morgan fingerprint density at radius 1 is 1.12 bits per heavy atom. The van der Waals surface area contributed by atoms with E-state index < -0.39 is 9.84 Å². The first kappa shape index (κ1) is 16.1. The Hall–Kier alpha value is -2.74. The van der Waals surface area contributed by atoms with E-state index in [1.54, 1.807) is 55.2 Å². The van der Waals surface area contributed by atoms with Gasteiger partial charge < -0.3 is 4.90 Å². The Labute approximate surface area is 139 Å². The molecule has 0 radical (unpaired) electrons. The standard InChI is InChI=1S/C16H16N4O3S/c1-19(2)16(21)12-6-4-11(5-7-12)13-10-18-14-15(24(3,22)23)17-8-9-20(13)14/h4-10H,1-3H3. The maximum atomic E-state index is 11.9. The summed E-state index contributed by atoms with van der Waals surface area (Å²) in [6, 6.07) is 7.08. The first-order chi connectivity index (χ1) is 11.3. The lowest BCUT2D eigenvalue weighted by Gasteiger charge is -2.10. The Bertz CT molecular complexity index is 1020. The molecule has 7 nitrogen and oxygen atoms in total. The monoisotopic (exact) mass is 344 g/mol.